The average molecular weight is 174 g/mol. The van der Waals surface area contributed by atoms with E-state index in [0.717, 1.165) is 13.1 Å². The molecule has 0 radical (unpaired) electrons. The molecule has 0 unspecified atom stereocenters. The van der Waals surface area contributed by atoms with Crippen LogP contribution in [0.2, 0.25) is 19.1 Å². The molecule has 0 aliphatic carbocycles. The third-order valence-corrected chi connectivity index (χ3v) is 5.02. The van der Waals surface area contributed by atoms with Crippen molar-refractivity contribution < 1.29 is 0 Å². The first-order valence-electron chi connectivity index (χ1n) is 4.37. The van der Waals surface area contributed by atoms with Gasteiger partial charge in [-0.15, -0.1) is 0 Å². The van der Waals surface area contributed by atoms with E-state index in [1.165, 1.54) is 6.04 Å². The predicted molar refractivity (Wildman–Crippen MR) is 54.5 cm³/mol. The second-order valence-electron chi connectivity index (χ2n) is 3.97. The number of rotatable bonds is 5. The van der Waals surface area contributed by atoms with Gasteiger partial charge in [-0.3, -0.25) is 0 Å². The zero-order valence-corrected chi connectivity index (χ0v) is 9.57. The standard InChI is InChI=1S/C8H22N2Si/c1-6-11(4,5)9-7-8-10(2)3/h9H,6-8H2,1-5H3. The van der Waals surface area contributed by atoms with Gasteiger partial charge in [-0.25, -0.2) is 0 Å². The highest BCUT2D eigenvalue weighted by atomic mass is 28.3. The Morgan fingerprint density at radius 3 is 2.18 bits per heavy atom. The van der Waals surface area contributed by atoms with E-state index in [-0.39, 0.29) is 0 Å². The molecular formula is C8H22N2Si. The summed E-state index contributed by atoms with van der Waals surface area (Å²) in [5.41, 5.74) is 0. The molecule has 0 fully saturated rings. The lowest BCUT2D eigenvalue weighted by Crippen LogP contribution is -2.46. The van der Waals surface area contributed by atoms with Gasteiger partial charge >= 0.3 is 0 Å². The molecule has 0 saturated heterocycles. The van der Waals surface area contributed by atoms with Crippen molar-refractivity contribution >= 4 is 8.24 Å². The second-order valence-corrected chi connectivity index (χ2v) is 8.80. The molecule has 0 bridgehead atoms. The summed E-state index contributed by atoms with van der Waals surface area (Å²) in [5, 5.41) is 0. The maximum atomic E-state index is 3.64. The van der Waals surface area contributed by atoms with Gasteiger partial charge < -0.3 is 9.88 Å². The normalized spacial score (nSPS) is 12.5. The summed E-state index contributed by atoms with van der Waals surface area (Å²) in [6, 6.07) is 1.32. The van der Waals surface area contributed by atoms with Crippen LogP contribution < -0.4 is 4.98 Å². The van der Waals surface area contributed by atoms with Gasteiger partial charge in [0.25, 0.3) is 0 Å². The summed E-state index contributed by atoms with van der Waals surface area (Å²) in [4.78, 5) is 5.85. The minimum absolute atomic E-state index is 1.02. The molecule has 0 aromatic rings. The highest BCUT2D eigenvalue weighted by Gasteiger charge is 2.15. The van der Waals surface area contributed by atoms with E-state index in [1.54, 1.807) is 0 Å². The minimum atomic E-state index is -1.02. The molecule has 0 aromatic carbocycles. The zero-order valence-electron chi connectivity index (χ0n) is 8.57. The zero-order chi connectivity index (χ0) is 8.91. The molecule has 0 aliphatic heterocycles. The molecule has 68 valence electrons. The fraction of sp³-hybridized carbons (Fsp3) is 1.00. The lowest BCUT2D eigenvalue weighted by molar-refractivity contribution is 0.413. The van der Waals surface area contributed by atoms with E-state index in [2.05, 4.69) is 44.0 Å². The summed E-state index contributed by atoms with van der Waals surface area (Å²) < 4.78 is 0. The maximum Gasteiger partial charge on any atom is 0.119 e. The highest BCUT2D eigenvalue weighted by molar-refractivity contribution is 6.74. The topological polar surface area (TPSA) is 15.3 Å². The summed E-state index contributed by atoms with van der Waals surface area (Å²) in [7, 11) is 3.21. The van der Waals surface area contributed by atoms with E-state index < -0.39 is 8.24 Å². The smallest absolute Gasteiger partial charge is 0.119 e. The van der Waals surface area contributed by atoms with Crippen molar-refractivity contribution in [1.29, 1.82) is 0 Å². The van der Waals surface area contributed by atoms with Gasteiger partial charge in [0.05, 0.1) is 0 Å². The van der Waals surface area contributed by atoms with Crippen LogP contribution in [0.5, 0.6) is 0 Å². The van der Waals surface area contributed by atoms with Gasteiger partial charge in [0.15, 0.2) is 0 Å². The molecule has 0 atom stereocenters. The lowest BCUT2D eigenvalue weighted by atomic mass is 10.6. The molecule has 0 amide bonds. The van der Waals surface area contributed by atoms with Crippen LogP contribution in [0.15, 0.2) is 0 Å². The fourth-order valence-electron chi connectivity index (χ4n) is 0.743. The van der Waals surface area contributed by atoms with Crippen LogP contribution in [0.25, 0.3) is 0 Å². The van der Waals surface area contributed by atoms with Crippen LogP contribution in [-0.2, 0) is 0 Å². The lowest BCUT2D eigenvalue weighted by Gasteiger charge is -2.22. The number of hydrogen-bond donors (Lipinski definition) is 1. The Bertz CT molecular complexity index is 102. The first-order valence-corrected chi connectivity index (χ1v) is 7.58. The first-order chi connectivity index (χ1) is 4.98. The van der Waals surface area contributed by atoms with E-state index in [9.17, 15) is 0 Å². The Morgan fingerprint density at radius 1 is 1.27 bits per heavy atom. The van der Waals surface area contributed by atoms with Crippen molar-refractivity contribution in [2.45, 2.75) is 26.1 Å². The third kappa shape index (κ3) is 6.53. The molecule has 0 saturated carbocycles. The molecule has 0 aromatic heterocycles. The molecular weight excluding hydrogens is 152 g/mol. The van der Waals surface area contributed by atoms with Crippen molar-refractivity contribution in [2.75, 3.05) is 27.2 Å². The van der Waals surface area contributed by atoms with Gasteiger partial charge in [0, 0.05) is 13.1 Å². The third-order valence-electron chi connectivity index (χ3n) is 2.05. The Balaban J connectivity index is 3.38. The average Bonchev–Trinajstić information content (AvgIpc) is 1.87. The van der Waals surface area contributed by atoms with Crippen molar-refractivity contribution in [2.24, 2.45) is 0 Å². The van der Waals surface area contributed by atoms with E-state index >= 15 is 0 Å². The Morgan fingerprint density at radius 2 is 1.82 bits per heavy atom. The Hall–Kier alpha value is 0.137. The quantitative estimate of drug-likeness (QED) is 0.633. The van der Waals surface area contributed by atoms with E-state index in [0.29, 0.717) is 0 Å². The molecule has 0 rings (SSSR count). The predicted octanol–water partition coefficient (Wildman–Crippen LogP) is 1.36. The monoisotopic (exact) mass is 174 g/mol. The molecule has 0 aliphatic rings. The van der Waals surface area contributed by atoms with Crippen molar-refractivity contribution in [3.8, 4) is 0 Å². The van der Waals surface area contributed by atoms with Crippen LogP contribution in [0.1, 0.15) is 6.92 Å². The molecule has 2 nitrogen and oxygen atoms in total. The Labute approximate surface area is 72.1 Å². The van der Waals surface area contributed by atoms with Crippen LogP contribution in [0.3, 0.4) is 0 Å². The summed E-state index contributed by atoms with van der Waals surface area (Å²) in [6.45, 7) is 9.32. The van der Waals surface area contributed by atoms with Gasteiger partial charge in [-0.05, 0) is 20.1 Å². The number of nitrogens with one attached hydrogen (secondary N) is 1. The Kier molecular flexibility index (Phi) is 4.96. The van der Waals surface area contributed by atoms with Crippen molar-refractivity contribution in [3.05, 3.63) is 0 Å². The number of hydrogen-bond acceptors (Lipinski definition) is 2. The van der Waals surface area contributed by atoms with Gasteiger partial charge in [-0.1, -0.05) is 20.0 Å². The van der Waals surface area contributed by atoms with Gasteiger partial charge in [0.2, 0.25) is 0 Å². The summed E-state index contributed by atoms with van der Waals surface area (Å²) in [6.07, 6.45) is 0. The highest BCUT2D eigenvalue weighted by Crippen LogP contribution is 2.01. The minimum Gasteiger partial charge on any atom is -0.336 e. The fourth-order valence-corrected chi connectivity index (χ4v) is 1.78. The molecule has 0 spiro atoms. The van der Waals surface area contributed by atoms with Crippen molar-refractivity contribution in [1.82, 2.24) is 9.88 Å². The number of nitrogens with zero attached hydrogens (tertiary/aromatic N) is 1. The van der Waals surface area contributed by atoms with Crippen LogP contribution >= 0.6 is 0 Å². The first kappa shape index (κ1) is 11.1. The van der Waals surface area contributed by atoms with Gasteiger partial charge in [0.1, 0.15) is 8.24 Å². The molecule has 3 heteroatoms. The summed E-state index contributed by atoms with van der Waals surface area (Å²) in [5.74, 6) is 0. The SMILES string of the molecule is CC[Si](C)(C)NCCN(C)C. The van der Waals surface area contributed by atoms with Crippen LogP contribution in [0.4, 0.5) is 0 Å². The largest absolute Gasteiger partial charge is 0.336 e. The van der Waals surface area contributed by atoms with Gasteiger partial charge in [-0.2, -0.15) is 0 Å². The second kappa shape index (κ2) is 4.90. The molecule has 11 heavy (non-hydrogen) atoms. The molecule has 1 N–H and O–H groups in total. The van der Waals surface area contributed by atoms with Crippen LogP contribution in [0, 0.1) is 0 Å². The molecule has 0 heterocycles. The summed E-state index contributed by atoms with van der Waals surface area (Å²) >= 11 is 0. The van der Waals surface area contributed by atoms with E-state index in [1.807, 2.05) is 0 Å². The van der Waals surface area contributed by atoms with E-state index in [4.69, 9.17) is 0 Å². The maximum absolute atomic E-state index is 3.64. The number of likely N-dealkylation sites (N-methyl/N-ethyl adjacent to an activating group) is 1. The van der Waals surface area contributed by atoms with Crippen LogP contribution in [-0.4, -0.2) is 40.3 Å². The van der Waals surface area contributed by atoms with Crippen molar-refractivity contribution in [3.63, 3.8) is 0 Å².